The van der Waals surface area contributed by atoms with Crippen LogP contribution in [-0.2, 0) is 6.54 Å². The summed E-state index contributed by atoms with van der Waals surface area (Å²) in [6.45, 7) is 0.134. The lowest BCUT2D eigenvalue weighted by Gasteiger charge is -2.06. The number of hydrogen-bond acceptors (Lipinski definition) is 6. The van der Waals surface area contributed by atoms with E-state index in [-0.39, 0.29) is 35.5 Å². The number of halogens is 1. The average molecular weight is 342 g/mol. The first-order valence-electron chi connectivity index (χ1n) is 7.33. The fourth-order valence-corrected chi connectivity index (χ4v) is 2.07. The van der Waals surface area contributed by atoms with Crippen molar-refractivity contribution in [1.29, 1.82) is 0 Å². The summed E-state index contributed by atoms with van der Waals surface area (Å²) in [7, 11) is 0. The van der Waals surface area contributed by atoms with Crippen molar-refractivity contribution in [3.05, 3.63) is 65.7 Å². The van der Waals surface area contributed by atoms with Gasteiger partial charge in [0.2, 0.25) is 0 Å². The van der Waals surface area contributed by atoms with Crippen molar-refractivity contribution < 1.29 is 18.3 Å². The Labute approximate surface area is 142 Å². The molecule has 3 rings (SSSR count). The third-order valence-electron chi connectivity index (χ3n) is 3.28. The molecule has 3 aromatic rings. The van der Waals surface area contributed by atoms with E-state index < -0.39 is 5.91 Å². The third-order valence-corrected chi connectivity index (χ3v) is 3.28. The highest BCUT2D eigenvalue weighted by atomic mass is 19.1. The van der Waals surface area contributed by atoms with E-state index >= 15 is 0 Å². The summed E-state index contributed by atoms with van der Waals surface area (Å²) in [4.78, 5) is 15.9. The topological polar surface area (TPSA) is 116 Å². The molecule has 2 aromatic heterocycles. The van der Waals surface area contributed by atoms with Crippen LogP contribution in [0.5, 0.6) is 11.7 Å². The number of carbonyl (C=O) groups is 1. The Bertz CT molecular complexity index is 893. The van der Waals surface area contributed by atoms with E-state index in [0.717, 1.165) is 0 Å². The fourth-order valence-electron chi connectivity index (χ4n) is 2.07. The molecule has 25 heavy (non-hydrogen) atoms. The third kappa shape index (κ3) is 4.05. The first-order valence-corrected chi connectivity index (χ1v) is 7.33. The molecule has 0 radical (unpaired) electrons. The molecule has 0 aliphatic rings. The maximum Gasteiger partial charge on any atom is 0.290 e. The Balaban J connectivity index is 1.59. The lowest BCUT2D eigenvalue weighted by Crippen LogP contribution is -2.24. The van der Waals surface area contributed by atoms with Crippen LogP contribution < -0.4 is 21.5 Å². The predicted octanol–water partition coefficient (Wildman–Crippen LogP) is 2.70. The molecule has 0 spiro atoms. The summed E-state index contributed by atoms with van der Waals surface area (Å²) in [5, 5.41) is 2.66. The molecule has 0 atom stereocenters. The van der Waals surface area contributed by atoms with Crippen molar-refractivity contribution in [3.8, 4) is 11.7 Å². The maximum absolute atomic E-state index is 12.9. The predicted molar refractivity (Wildman–Crippen MR) is 89.4 cm³/mol. The second-order valence-electron chi connectivity index (χ2n) is 5.13. The number of hydrogen-bond donors (Lipinski definition) is 3. The molecule has 0 saturated heterocycles. The number of furan rings is 1. The Morgan fingerprint density at radius 2 is 1.88 bits per heavy atom. The van der Waals surface area contributed by atoms with Gasteiger partial charge in [0, 0.05) is 6.07 Å². The summed E-state index contributed by atoms with van der Waals surface area (Å²) in [5.74, 6) is 0.679. The highest BCUT2D eigenvalue weighted by Crippen LogP contribution is 2.24. The molecule has 0 fully saturated rings. The number of nitrogens with zero attached hydrogens (tertiary/aromatic N) is 1. The second-order valence-corrected chi connectivity index (χ2v) is 5.13. The lowest BCUT2D eigenvalue weighted by atomic mass is 10.2. The molecule has 7 nitrogen and oxygen atoms in total. The number of amides is 1. The minimum atomic E-state index is -0.401. The maximum atomic E-state index is 12.9. The largest absolute Gasteiger partial charge is 0.429 e. The molecular formula is C17H15FN4O3. The number of anilines is 2. The van der Waals surface area contributed by atoms with Gasteiger partial charge in [0.25, 0.3) is 11.9 Å². The molecule has 128 valence electrons. The fraction of sp³-hybridized carbons (Fsp3) is 0.0588. The van der Waals surface area contributed by atoms with E-state index in [0.29, 0.717) is 11.5 Å². The zero-order chi connectivity index (χ0) is 17.8. The van der Waals surface area contributed by atoms with Gasteiger partial charge in [0.1, 0.15) is 29.0 Å². The van der Waals surface area contributed by atoms with Gasteiger partial charge < -0.3 is 25.9 Å². The standard InChI is InChI=1S/C17H15FN4O3/c18-10-1-3-11(4-2-10)24-15-8-5-12(25-15)9-21-17(23)13-6-7-14(19)22-16(13)20/h1-8H,9H2,(H,21,23)(H4,19,20,22). The number of nitrogens with two attached hydrogens (primary N) is 2. The van der Waals surface area contributed by atoms with Crippen LogP contribution in [0.2, 0.25) is 0 Å². The molecule has 5 N–H and O–H groups in total. The first-order chi connectivity index (χ1) is 12.0. The first kappa shape index (κ1) is 16.3. The van der Waals surface area contributed by atoms with E-state index in [4.69, 9.17) is 20.6 Å². The van der Waals surface area contributed by atoms with Crippen LogP contribution >= 0.6 is 0 Å². The van der Waals surface area contributed by atoms with Crippen LogP contribution in [0, 0.1) is 5.82 Å². The van der Waals surface area contributed by atoms with E-state index in [2.05, 4.69) is 10.3 Å². The van der Waals surface area contributed by atoms with Gasteiger partial charge in [-0.25, -0.2) is 9.37 Å². The molecule has 1 aromatic carbocycles. The molecule has 1 amide bonds. The van der Waals surface area contributed by atoms with Crippen LogP contribution in [0.4, 0.5) is 16.0 Å². The number of benzene rings is 1. The van der Waals surface area contributed by atoms with E-state index in [1.54, 1.807) is 12.1 Å². The second kappa shape index (κ2) is 6.91. The van der Waals surface area contributed by atoms with Crippen molar-refractivity contribution in [2.45, 2.75) is 6.54 Å². The number of aromatic nitrogens is 1. The molecule has 0 aliphatic carbocycles. The van der Waals surface area contributed by atoms with Crippen LogP contribution in [0.3, 0.4) is 0 Å². The zero-order valence-electron chi connectivity index (χ0n) is 13.0. The normalized spacial score (nSPS) is 10.4. The van der Waals surface area contributed by atoms with E-state index in [9.17, 15) is 9.18 Å². The number of carbonyl (C=O) groups excluding carboxylic acids is 1. The lowest BCUT2D eigenvalue weighted by molar-refractivity contribution is 0.0948. The highest BCUT2D eigenvalue weighted by Gasteiger charge is 2.12. The Hall–Kier alpha value is -3.55. The minimum Gasteiger partial charge on any atom is -0.429 e. The number of ether oxygens (including phenoxy) is 1. The van der Waals surface area contributed by atoms with E-state index in [1.165, 1.54) is 36.4 Å². The molecule has 0 unspecified atom stereocenters. The number of pyridine rings is 1. The SMILES string of the molecule is Nc1ccc(C(=O)NCc2ccc(Oc3ccc(F)cc3)o2)c(N)n1. The van der Waals surface area contributed by atoms with Gasteiger partial charge in [-0.2, -0.15) is 0 Å². The molecule has 0 bridgehead atoms. The Kier molecular flexibility index (Phi) is 4.51. The molecule has 0 saturated carbocycles. The van der Waals surface area contributed by atoms with Crippen LogP contribution in [0.15, 0.2) is 52.9 Å². The molecule has 0 aliphatic heterocycles. The van der Waals surface area contributed by atoms with Gasteiger partial charge in [0.15, 0.2) is 0 Å². The van der Waals surface area contributed by atoms with Crippen LogP contribution in [0.25, 0.3) is 0 Å². The van der Waals surface area contributed by atoms with Crippen molar-refractivity contribution in [2.24, 2.45) is 0 Å². The zero-order valence-corrected chi connectivity index (χ0v) is 13.0. The minimum absolute atomic E-state index is 0.0530. The smallest absolute Gasteiger partial charge is 0.290 e. The summed E-state index contributed by atoms with van der Waals surface area (Å²) < 4.78 is 23.8. The van der Waals surface area contributed by atoms with E-state index in [1.807, 2.05) is 0 Å². The van der Waals surface area contributed by atoms with Crippen molar-refractivity contribution in [2.75, 3.05) is 11.5 Å². The van der Waals surface area contributed by atoms with Gasteiger partial charge in [-0.05, 0) is 42.5 Å². The van der Waals surface area contributed by atoms with Gasteiger partial charge >= 0.3 is 0 Å². The van der Waals surface area contributed by atoms with Gasteiger partial charge in [0.05, 0.1) is 12.1 Å². The average Bonchev–Trinajstić information content (AvgIpc) is 3.02. The van der Waals surface area contributed by atoms with Crippen molar-refractivity contribution in [1.82, 2.24) is 10.3 Å². The Morgan fingerprint density at radius 1 is 1.12 bits per heavy atom. The highest BCUT2D eigenvalue weighted by molar-refractivity contribution is 5.98. The number of rotatable bonds is 5. The molecule has 2 heterocycles. The Morgan fingerprint density at radius 3 is 2.60 bits per heavy atom. The molecule has 8 heteroatoms. The van der Waals surface area contributed by atoms with Gasteiger partial charge in [-0.1, -0.05) is 0 Å². The van der Waals surface area contributed by atoms with Gasteiger partial charge in [-0.3, -0.25) is 4.79 Å². The summed E-state index contributed by atoms with van der Waals surface area (Å²) in [5.41, 5.74) is 11.4. The summed E-state index contributed by atoms with van der Waals surface area (Å²) in [6, 6.07) is 11.8. The number of nitrogen functional groups attached to an aromatic ring is 2. The summed E-state index contributed by atoms with van der Waals surface area (Å²) in [6.07, 6.45) is 0. The van der Waals surface area contributed by atoms with Crippen molar-refractivity contribution in [3.63, 3.8) is 0 Å². The monoisotopic (exact) mass is 342 g/mol. The van der Waals surface area contributed by atoms with Gasteiger partial charge in [-0.15, -0.1) is 0 Å². The molecular weight excluding hydrogens is 327 g/mol. The number of nitrogens with one attached hydrogen (secondary N) is 1. The van der Waals surface area contributed by atoms with Crippen LogP contribution in [-0.4, -0.2) is 10.9 Å². The van der Waals surface area contributed by atoms with Crippen molar-refractivity contribution >= 4 is 17.5 Å². The summed E-state index contributed by atoms with van der Waals surface area (Å²) >= 11 is 0. The van der Waals surface area contributed by atoms with Crippen LogP contribution in [0.1, 0.15) is 16.1 Å². The quantitative estimate of drug-likeness (QED) is 0.656.